The van der Waals surface area contributed by atoms with Gasteiger partial charge in [0.25, 0.3) is 0 Å². The number of hydrogen-bond acceptors (Lipinski definition) is 2. The monoisotopic (exact) mass is 296 g/mol. The highest BCUT2D eigenvalue weighted by molar-refractivity contribution is 5.70. The predicted octanol–water partition coefficient (Wildman–Crippen LogP) is 4.18. The van der Waals surface area contributed by atoms with Crippen molar-refractivity contribution in [3.05, 3.63) is 53.1 Å². The number of alkyl halides is 3. The van der Waals surface area contributed by atoms with Crippen LogP contribution in [0.3, 0.4) is 0 Å². The van der Waals surface area contributed by atoms with Crippen LogP contribution < -0.4 is 4.74 Å². The van der Waals surface area contributed by atoms with Crippen molar-refractivity contribution in [2.45, 2.75) is 19.7 Å². The maximum absolute atomic E-state index is 13.2. The molecule has 112 valence electrons. The van der Waals surface area contributed by atoms with Crippen LogP contribution in [0.25, 0.3) is 11.1 Å². The molecule has 0 atom stereocenters. The topological polar surface area (TPSA) is 29.5 Å². The second kappa shape index (κ2) is 5.77. The Morgan fingerprint density at radius 2 is 1.81 bits per heavy atom. The summed E-state index contributed by atoms with van der Waals surface area (Å²) in [7, 11) is 1.33. The molecule has 2 aromatic rings. The zero-order chi connectivity index (χ0) is 15.6. The summed E-state index contributed by atoms with van der Waals surface area (Å²) in [5, 5.41) is 9.14. The standard InChI is InChI=1S/C16H15F3O2/c1-10-7-11(3-4-12(10)9-20)14-6-5-13(21-2)8-15(14)16(17,18)19/h3-8,20H,9H2,1-2H3. The van der Waals surface area contributed by atoms with Gasteiger partial charge in [-0.2, -0.15) is 13.2 Å². The van der Waals surface area contributed by atoms with Gasteiger partial charge in [-0.3, -0.25) is 0 Å². The number of methoxy groups -OCH3 is 1. The van der Waals surface area contributed by atoms with Gasteiger partial charge in [-0.15, -0.1) is 0 Å². The summed E-state index contributed by atoms with van der Waals surface area (Å²) in [5.41, 5.74) is 1.26. The van der Waals surface area contributed by atoms with Crippen LogP contribution in [0.4, 0.5) is 13.2 Å². The van der Waals surface area contributed by atoms with E-state index in [0.717, 1.165) is 11.6 Å². The van der Waals surface area contributed by atoms with Crippen molar-refractivity contribution < 1.29 is 23.0 Å². The zero-order valence-corrected chi connectivity index (χ0v) is 11.7. The molecule has 0 heterocycles. The molecule has 2 rings (SSSR count). The first-order chi connectivity index (χ1) is 9.86. The Bertz CT molecular complexity index is 648. The number of halogens is 3. The third kappa shape index (κ3) is 3.19. The van der Waals surface area contributed by atoms with Gasteiger partial charge in [0.05, 0.1) is 19.3 Å². The van der Waals surface area contributed by atoms with Gasteiger partial charge in [0.2, 0.25) is 0 Å². The Morgan fingerprint density at radius 3 is 2.33 bits per heavy atom. The summed E-state index contributed by atoms with van der Waals surface area (Å²) >= 11 is 0. The van der Waals surface area contributed by atoms with Crippen LogP contribution in [0.1, 0.15) is 16.7 Å². The predicted molar refractivity (Wildman–Crippen MR) is 74.1 cm³/mol. The lowest BCUT2D eigenvalue weighted by Crippen LogP contribution is -2.07. The molecule has 0 aliphatic carbocycles. The van der Waals surface area contributed by atoms with Gasteiger partial charge in [-0.05, 0) is 41.3 Å². The fraction of sp³-hybridized carbons (Fsp3) is 0.250. The quantitative estimate of drug-likeness (QED) is 0.920. The number of ether oxygens (including phenoxy) is 1. The van der Waals surface area contributed by atoms with E-state index < -0.39 is 11.7 Å². The molecule has 0 aliphatic rings. The largest absolute Gasteiger partial charge is 0.497 e. The number of aliphatic hydroxyl groups excluding tert-OH is 1. The maximum Gasteiger partial charge on any atom is 0.417 e. The minimum Gasteiger partial charge on any atom is -0.497 e. The molecule has 5 heteroatoms. The Balaban J connectivity index is 2.60. The van der Waals surface area contributed by atoms with Crippen LogP contribution in [0.5, 0.6) is 5.75 Å². The molecule has 0 amide bonds. The lowest BCUT2D eigenvalue weighted by atomic mass is 9.96. The summed E-state index contributed by atoms with van der Waals surface area (Å²) in [6, 6.07) is 8.74. The maximum atomic E-state index is 13.2. The molecule has 1 N–H and O–H groups in total. The Morgan fingerprint density at radius 1 is 1.10 bits per heavy atom. The number of rotatable bonds is 3. The minimum absolute atomic E-state index is 0.0934. The lowest BCUT2D eigenvalue weighted by Gasteiger charge is -2.15. The first-order valence-corrected chi connectivity index (χ1v) is 6.33. The number of hydrogen-bond donors (Lipinski definition) is 1. The molecule has 0 saturated carbocycles. The van der Waals surface area contributed by atoms with E-state index in [9.17, 15) is 13.2 Å². The first-order valence-electron chi connectivity index (χ1n) is 6.33. The number of benzene rings is 2. The van der Waals surface area contributed by atoms with E-state index >= 15 is 0 Å². The van der Waals surface area contributed by atoms with Crippen molar-refractivity contribution in [3.8, 4) is 16.9 Å². The van der Waals surface area contributed by atoms with E-state index in [1.165, 1.54) is 19.2 Å². The van der Waals surface area contributed by atoms with Crippen LogP contribution in [-0.4, -0.2) is 12.2 Å². The normalized spacial score (nSPS) is 11.5. The summed E-state index contributed by atoms with van der Waals surface area (Å²) in [6.45, 7) is 1.62. The Labute approximate surface area is 120 Å². The third-order valence-corrected chi connectivity index (χ3v) is 3.36. The SMILES string of the molecule is COc1ccc(-c2ccc(CO)c(C)c2)c(C(F)(F)F)c1. The van der Waals surface area contributed by atoms with Crippen LogP contribution in [0, 0.1) is 6.92 Å². The van der Waals surface area contributed by atoms with E-state index in [1.54, 1.807) is 25.1 Å². The summed E-state index contributed by atoms with van der Waals surface area (Å²) in [5.74, 6) is 0.162. The van der Waals surface area contributed by atoms with Gasteiger partial charge < -0.3 is 9.84 Å². The van der Waals surface area contributed by atoms with Crippen LogP contribution >= 0.6 is 0 Å². The van der Waals surface area contributed by atoms with Crippen LogP contribution in [-0.2, 0) is 12.8 Å². The van der Waals surface area contributed by atoms with E-state index in [1.807, 2.05) is 0 Å². The molecule has 0 saturated heterocycles. The van der Waals surface area contributed by atoms with Crippen molar-refractivity contribution in [1.29, 1.82) is 0 Å². The molecule has 0 spiro atoms. The van der Waals surface area contributed by atoms with Gasteiger partial charge >= 0.3 is 6.18 Å². The Hall–Kier alpha value is -2.01. The number of aryl methyl sites for hydroxylation is 1. The summed E-state index contributed by atoms with van der Waals surface area (Å²) in [6.07, 6.45) is -4.46. The molecule has 0 bridgehead atoms. The van der Waals surface area contributed by atoms with E-state index in [0.29, 0.717) is 11.1 Å². The average Bonchev–Trinajstić information content (AvgIpc) is 2.45. The highest BCUT2D eigenvalue weighted by atomic mass is 19.4. The Kier molecular flexibility index (Phi) is 4.23. The van der Waals surface area contributed by atoms with Crippen molar-refractivity contribution in [2.75, 3.05) is 7.11 Å². The van der Waals surface area contributed by atoms with Crippen molar-refractivity contribution in [1.82, 2.24) is 0 Å². The van der Waals surface area contributed by atoms with Gasteiger partial charge in [0.15, 0.2) is 0 Å². The molecule has 0 fully saturated rings. The van der Waals surface area contributed by atoms with E-state index in [-0.39, 0.29) is 17.9 Å². The number of aliphatic hydroxyl groups is 1. The first kappa shape index (κ1) is 15.4. The molecule has 0 unspecified atom stereocenters. The summed E-state index contributed by atoms with van der Waals surface area (Å²) in [4.78, 5) is 0. The van der Waals surface area contributed by atoms with Gasteiger partial charge in [0.1, 0.15) is 5.75 Å². The highest BCUT2D eigenvalue weighted by Crippen LogP contribution is 2.39. The fourth-order valence-corrected chi connectivity index (χ4v) is 2.18. The van der Waals surface area contributed by atoms with Crippen LogP contribution in [0.15, 0.2) is 36.4 Å². The molecule has 0 radical (unpaired) electrons. The molecule has 2 aromatic carbocycles. The second-order valence-corrected chi connectivity index (χ2v) is 4.71. The van der Waals surface area contributed by atoms with Gasteiger partial charge in [-0.25, -0.2) is 0 Å². The van der Waals surface area contributed by atoms with Gasteiger partial charge in [-0.1, -0.05) is 24.3 Å². The second-order valence-electron chi connectivity index (χ2n) is 4.71. The third-order valence-electron chi connectivity index (χ3n) is 3.36. The molecule has 2 nitrogen and oxygen atoms in total. The van der Waals surface area contributed by atoms with Crippen molar-refractivity contribution in [3.63, 3.8) is 0 Å². The summed E-state index contributed by atoms with van der Waals surface area (Å²) < 4.78 is 44.5. The average molecular weight is 296 g/mol. The van der Waals surface area contributed by atoms with E-state index in [4.69, 9.17) is 9.84 Å². The molecular weight excluding hydrogens is 281 g/mol. The smallest absolute Gasteiger partial charge is 0.417 e. The zero-order valence-electron chi connectivity index (χ0n) is 11.7. The minimum atomic E-state index is -4.46. The van der Waals surface area contributed by atoms with Crippen LogP contribution in [0.2, 0.25) is 0 Å². The lowest BCUT2D eigenvalue weighted by molar-refractivity contribution is -0.137. The molecule has 21 heavy (non-hydrogen) atoms. The molecular formula is C16H15F3O2. The van der Waals surface area contributed by atoms with E-state index in [2.05, 4.69) is 0 Å². The van der Waals surface area contributed by atoms with Crippen molar-refractivity contribution in [2.24, 2.45) is 0 Å². The van der Waals surface area contributed by atoms with Gasteiger partial charge in [0, 0.05) is 0 Å². The fourth-order valence-electron chi connectivity index (χ4n) is 2.18. The highest BCUT2D eigenvalue weighted by Gasteiger charge is 2.34. The van der Waals surface area contributed by atoms with Crippen molar-refractivity contribution >= 4 is 0 Å². The molecule has 0 aromatic heterocycles. The molecule has 0 aliphatic heterocycles.